The molecule has 0 bridgehead atoms. The third kappa shape index (κ3) is 3.22. The van der Waals surface area contributed by atoms with E-state index in [0.717, 1.165) is 5.56 Å². The van der Waals surface area contributed by atoms with Gasteiger partial charge in [0.1, 0.15) is 12.4 Å². The van der Waals surface area contributed by atoms with Crippen molar-refractivity contribution in [3.05, 3.63) is 29.3 Å². The number of hydrogen-bond donors (Lipinski definition) is 1. The number of esters is 1. The summed E-state index contributed by atoms with van der Waals surface area (Å²) in [5.74, 6) is -0.310. The second-order valence-electron chi connectivity index (χ2n) is 4.15. The first-order valence-corrected chi connectivity index (χ1v) is 5.35. The maximum Gasteiger partial charge on any atom is 0.341 e. The van der Waals surface area contributed by atoms with E-state index in [1.807, 2.05) is 13.0 Å². The SMILES string of the molecule is COC(=O)C(C)(O)COc1cc(C#N)ccc1C. The van der Waals surface area contributed by atoms with Gasteiger partial charge in [-0.15, -0.1) is 0 Å². The monoisotopic (exact) mass is 249 g/mol. The maximum absolute atomic E-state index is 11.3. The molecule has 0 amide bonds. The molecule has 5 heteroatoms. The van der Waals surface area contributed by atoms with Crippen molar-refractivity contribution in [2.75, 3.05) is 13.7 Å². The smallest absolute Gasteiger partial charge is 0.341 e. The summed E-state index contributed by atoms with van der Waals surface area (Å²) in [5.41, 5.74) is -0.452. The minimum Gasteiger partial charge on any atom is -0.490 e. The van der Waals surface area contributed by atoms with Crippen LogP contribution in [-0.2, 0) is 9.53 Å². The zero-order valence-corrected chi connectivity index (χ0v) is 10.6. The quantitative estimate of drug-likeness (QED) is 0.810. The summed E-state index contributed by atoms with van der Waals surface area (Å²) in [6, 6.07) is 6.95. The Morgan fingerprint density at radius 2 is 2.22 bits per heavy atom. The van der Waals surface area contributed by atoms with Gasteiger partial charge in [0.2, 0.25) is 0 Å². The fourth-order valence-corrected chi connectivity index (χ4v) is 1.32. The number of aliphatic hydroxyl groups is 1. The number of nitriles is 1. The van der Waals surface area contributed by atoms with Crippen molar-refractivity contribution in [1.82, 2.24) is 0 Å². The van der Waals surface area contributed by atoms with E-state index in [4.69, 9.17) is 10.00 Å². The summed E-state index contributed by atoms with van der Waals surface area (Å²) in [6.07, 6.45) is 0. The molecule has 0 saturated heterocycles. The zero-order chi connectivity index (χ0) is 13.8. The molecular weight excluding hydrogens is 234 g/mol. The molecule has 1 rings (SSSR count). The Hall–Kier alpha value is -2.06. The van der Waals surface area contributed by atoms with Crippen molar-refractivity contribution >= 4 is 5.97 Å². The molecule has 0 fully saturated rings. The molecule has 1 aromatic rings. The Morgan fingerprint density at radius 3 is 2.78 bits per heavy atom. The van der Waals surface area contributed by atoms with E-state index >= 15 is 0 Å². The lowest BCUT2D eigenvalue weighted by Crippen LogP contribution is -2.42. The third-order valence-corrected chi connectivity index (χ3v) is 2.45. The number of ether oxygens (including phenoxy) is 2. The Kier molecular flexibility index (Phi) is 4.29. The first-order chi connectivity index (χ1) is 8.40. The van der Waals surface area contributed by atoms with E-state index in [9.17, 15) is 9.90 Å². The Morgan fingerprint density at radius 1 is 1.56 bits per heavy atom. The van der Waals surface area contributed by atoms with Crippen LogP contribution >= 0.6 is 0 Å². The van der Waals surface area contributed by atoms with Gasteiger partial charge in [-0.25, -0.2) is 4.79 Å². The number of hydrogen-bond acceptors (Lipinski definition) is 5. The summed E-state index contributed by atoms with van der Waals surface area (Å²) in [5, 5.41) is 18.6. The first-order valence-electron chi connectivity index (χ1n) is 5.35. The van der Waals surface area contributed by atoms with Crippen molar-refractivity contribution in [2.45, 2.75) is 19.4 Å². The van der Waals surface area contributed by atoms with Gasteiger partial charge in [0.15, 0.2) is 5.60 Å². The van der Waals surface area contributed by atoms with Crippen molar-refractivity contribution in [3.8, 4) is 11.8 Å². The van der Waals surface area contributed by atoms with Gasteiger partial charge in [0.25, 0.3) is 0 Å². The van der Waals surface area contributed by atoms with Gasteiger partial charge in [0, 0.05) is 0 Å². The van der Waals surface area contributed by atoms with Crippen LogP contribution in [0.25, 0.3) is 0 Å². The largest absolute Gasteiger partial charge is 0.490 e. The van der Waals surface area contributed by atoms with Crippen LogP contribution in [0.15, 0.2) is 18.2 Å². The number of rotatable bonds is 4. The summed E-state index contributed by atoms with van der Waals surface area (Å²) in [4.78, 5) is 11.3. The van der Waals surface area contributed by atoms with E-state index in [2.05, 4.69) is 4.74 Å². The lowest BCUT2D eigenvalue weighted by Gasteiger charge is -2.21. The van der Waals surface area contributed by atoms with Crippen LogP contribution in [-0.4, -0.2) is 30.4 Å². The van der Waals surface area contributed by atoms with Gasteiger partial charge in [-0.3, -0.25) is 0 Å². The molecule has 96 valence electrons. The Bertz CT molecular complexity index is 488. The topological polar surface area (TPSA) is 79.6 Å². The molecule has 0 heterocycles. The zero-order valence-electron chi connectivity index (χ0n) is 10.6. The standard InChI is InChI=1S/C13H15NO4/c1-9-4-5-10(7-14)6-11(9)18-8-13(2,16)12(15)17-3/h4-6,16H,8H2,1-3H3. The molecule has 0 saturated carbocycles. The van der Waals surface area contributed by atoms with Crippen LogP contribution in [0, 0.1) is 18.3 Å². The van der Waals surface area contributed by atoms with E-state index in [-0.39, 0.29) is 6.61 Å². The molecule has 0 aliphatic heterocycles. The highest BCUT2D eigenvalue weighted by Crippen LogP contribution is 2.20. The number of aryl methyl sites for hydroxylation is 1. The number of nitrogens with zero attached hydrogens (tertiary/aromatic N) is 1. The molecule has 1 aromatic carbocycles. The third-order valence-electron chi connectivity index (χ3n) is 2.45. The highest BCUT2D eigenvalue weighted by atomic mass is 16.6. The summed E-state index contributed by atoms with van der Waals surface area (Å²) >= 11 is 0. The molecule has 0 radical (unpaired) electrons. The Labute approximate surface area is 106 Å². The highest BCUT2D eigenvalue weighted by Gasteiger charge is 2.32. The molecule has 1 atom stereocenters. The fraction of sp³-hybridized carbons (Fsp3) is 0.385. The molecule has 5 nitrogen and oxygen atoms in total. The number of benzene rings is 1. The molecule has 1 unspecified atom stereocenters. The average molecular weight is 249 g/mol. The van der Waals surface area contributed by atoms with Crippen LogP contribution in [0.1, 0.15) is 18.1 Å². The first kappa shape index (κ1) is 14.0. The van der Waals surface area contributed by atoms with E-state index < -0.39 is 11.6 Å². The van der Waals surface area contributed by atoms with Crippen LogP contribution < -0.4 is 4.74 Å². The molecule has 18 heavy (non-hydrogen) atoms. The van der Waals surface area contributed by atoms with Crippen LogP contribution in [0.3, 0.4) is 0 Å². The van der Waals surface area contributed by atoms with E-state index in [1.165, 1.54) is 14.0 Å². The van der Waals surface area contributed by atoms with Crippen molar-refractivity contribution < 1.29 is 19.4 Å². The normalized spacial score (nSPS) is 13.3. The Balaban J connectivity index is 2.81. The van der Waals surface area contributed by atoms with Crippen molar-refractivity contribution in [2.24, 2.45) is 0 Å². The second kappa shape index (κ2) is 5.52. The summed E-state index contributed by atoms with van der Waals surface area (Å²) in [6.45, 7) is 2.88. The molecule has 0 aromatic heterocycles. The van der Waals surface area contributed by atoms with Gasteiger partial charge < -0.3 is 14.6 Å². The van der Waals surface area contributed by atoms with Gasteiger partial charge in [-0.2, -0.15) is 5.26 Å². The van der Waals surface area contributed by atoms with Crippen LogP contribution in [0.2, 0.25) is 0 Å². The molecule has 1 N–H and O–H groups in total. The molecule has 0 spiro atoms. The minimum absolute atomic E-state index is 0.241. The van der Waals surface area contributed by atoms with Crippen LogP contribution in [0.4, 0.5) is 0 Å². The number of carbonyl (C=O) groups excluding carboxylic acids is 1. The van der Waals surface area contributed by atoms with Crippen LogP contribution in [0.5, 0.6) is 5.75 Å². The predicted molar refractivity (Wildman–Crippen MR) is 64.0 cm³/mol. The molecule has 0 aliphatic rings. The van der Waals surface area contributed by atoms with Gasteiger partial charge in [-0.1, -0.05) is 6.07 Å². The summed E-state index contributed by atoms with van der Waals surface area (Å²) in [7, 11) is 1.19. The minimum atomic E-state index is -1.72. The lowest BCUT2D eigenvalue weighted by molar-refractivity contribution is -0.163. The lowest BCUT2D eigenvalue weighted by atomic mass is 10.1. The fourth-order valence-electron chi connectivity index (χ4n) is 1.32. The number of methoxy groups -OCH3 is 1. The average Bonchev–Trinajstić information content (AvgIpc) is 2.36. The molecular formula is C13H15NO4. The number of carbonyl (C=O) groups is 1. The second-order valence-corrected chi connectivity index (χ2v) is 4.15. The van der Waals surface area contributed by atoms with Crippen molar-refractivity contribution in [1.29, 1.82) is 5.26 Å². The van der Waals surface area contributed by atoms with E-state index in [0.29, 0.717) is 11.3 Å². The summed E-state index contributed by atoms with van der Waals surface area (Å²) < 4.78 is 9.82. The predicted octanol–water partition coefficient (Wildman–Crippen LogP) is 1.17. The molecule has 0 aliphatic carbocycles. The van der Waals surface area contributed by atoms with Crippen molar-refractivity contribution in [3.63, 3.8) is 0 Å². The maximum atomic E-state index is 11.3. The van der Waals surface area contributed by atoms with Gasteiger partial charge in [0.05, 0.1) is 18.7 Å². The highest BCUT2D eigenvalue weighted by molar-refractivity contribution is 5.78. The van der Waals surface area contributed by atoms with E-state index in [1.54, 1.807) is 18.2 Å². The van der Waals surface area contributed by atoms with Gasteiger partial charge in [-0.05, 0) is 31.5 Å². The van der Waals surface area contributed by atoms with Gasteiger partial charge >= 0.3 is 5.97 Å².